The van der Waals surface area contributed by atoms with E-state index in [0.29, 0.717) is 10.8 Å². The molecule has 0 bridgehead atoms. The number of carbonyl (C=O) groups is 2. The van der Waals surface area contributed by atoms with E-state index >= 15 is 0 Å². The molecule has 6 N–H and O–H groups in total. The molecule has 0 saturated heterocycles. The summed E-state index contributed by atoms with van der Waals surface area (Å²) >= 11 is 0. The van der Waals surface area contributed by atoms with Gasteiger partial charge in [0.2, 0.25) is 0 Å². The van der Waals surface area contributed by atoms with Crippen LogP contribution in [0.5, 0.6) is 0 Å². The minimum Gasteiger partial charge on any atom is -0.480 e. The SMILES string of the molecule is [2H]N([2H])[C@]([2H])(C(=O)O)C([2H])([2H])SSC[C@H](N)C(=O)O. The van der Waals surface area contributed by atoms with E-state index in [1.807, 2.05) is 0 Å². The lowest BCUT2D eigenvalue weighted by atomic mass is 10.4. The predicted octanol–water partition coefficient (Wildman–Crippen LogP) is -0.808. The van der Waals surface area contributed by atoms with Crippen LogP contribution in [-0.2, 0) is 9.59 Å². The Labute approximate surface area is 95.9 Å². The molecule has 2 atom stereocenters. The van der Waals surface area contributed by atoms with Gasteiger partial charge in [0.15, 0.2) is 0 Å². The summed E-state index contributed by atoms with van der Waals surface area (Å²) in [4.78, 5) is 21.3. The average Bonchev–Trinajstić information content (AvgIpc) is 2.26. The normalized spacial score (nSPS) is 23.4. The Morgan fingerprint density at radius 2 is 2.14 bits per heavy atom. The zero-order valence-electron chi connectivity index (χ0n) is 11.8. The molecule has 0 fully saturated rings. The Bertz CT molecular complexity index is 361. The Balaban J connectivity index is 4.77. The maximum absolute atomic E-state index is 10.9. The number of aliphatic carboxylic acids is 2. The molecule has 0 radical (unpaired) electrons. The molecule has 0 aliphatic rings. The topological polar surface area (TPSA) is 127 Å². The van der Waals surface area contributed by atoms with E-state index < -0.39 is 35.4 Å². The van der Waals surface area contributed by atoms with Crippen LogP contribution in [0.3, 0.4) is 0 Å². The van der Waals surface area contributed by atoms with Crippen molar-refractivity contribution in [1.82, 2.24) is 0 Å². The molecule has 0 aliphatic heterocycles. The highest BCUT2D eigenvalue weighted by atomic mass is 33.1. The van der Waals surface area contributed by atoms with Gasteiger partial charge in [-0.05, 0) is 0 Å². The molecule has 0 heterocycles. The number of carboxylic acid groups (broad SMARTS) is 2. The van der Waals surface area contributed by atoms with E-state index in [1.165, 1.54) is 0 Å². The monoisotopic (exact) mass is 245 g/mol. The fraction of sp³-hybridized carbons (Fsp3) is 0.667. The summed E-state index contributed by atoms with van der Waals surface area (Å²) in [5, 5.41) is 17.3. The average molecular weight is 245 g/mol. The Kier molecular flexibility index (Phi) is 3.44. The van der Waals surface area contributed by atoms with Crippen LogP contribution in [-0.4, -0.2) is 45.7 Å². The van der Waals surface area contributed by atoms with Crippen LogP contribution in [0, 0.1) is 0 Å². The number of nitrogens with two attached hydrogens (primary N) is 2. The van der Waals surface area contributed by atoms with Gasteiger partial charge < -0.3 is 21.7 Å². The smallest absolute Gasteiger partial charge is 0.321 e. The van der Waals surface area contributed by atoms with Crippen LogP contribution < -0.4 is 11.5 Å². The van der Waals surface area contributed by atoms with Crippen LogP contribution >= 0.6 is 21.6 Å². The van der Waals surface area contributed by atoms with Gasteiger partial charge in [-0.1, -0.05) is 21.6 Å². The minimum atomic E-state index is -3.15. The summed E-state index contributed by atoms with van der Waals surface area (Å²) in [7, 11) is 0.862. The van der Waals surface area contributed by atoms with Crippen molar-refractivity contribution in [2.45, 2.75) is 12.1 Å². The summed E-state index contributed by atoms with van der Waals surface area (Å²) in [6.07, 6.45) is 0. The molecular weight excluding hydrogens is 228 g/mol. The Hall–Kier alpha value is -0.440. The lowest BCUT2D eigenvalue weighted by Crippen LogP contribution is -2.33. The van der Waals surface area contributed by atoms with E-state index in [1.54, 1.807) is 0 Å². The summed E-state index contributed by atoms with van der Waals surface area (Å²) in [6, 6.07) is -4.42. The lowest BCUT2D eigenvalue weighted by molar-refractivity contribution is -0.138. The van der Waals surface area contributed by atoms with Gasteiger partial charge in [-0.3, -0.25) is 9.59 Å². The van der Waals surface area contributed by atoms with Crippen molar-refractivity contribution in [2.75, 3.05) is 11.5 Å². The summed E-state index contributed by atoms with van der Waals surface area (Å²) in [5.74, 6) is -3.52. The molecule has 8 heteroatoms. The van der Waals surface area contributed by atoms with Gasteiger partial charge in [-0.15, -0.1) is 0 Å². The Morgan fingerprint density at radius 1 is 1.50 bits per heavy atom. The van der Waals surface area contributed by atoms with Crippen molar-refractivity contribution in [1.29, 1.82) is 0 Å². The largest absolute Gasteiger partial charge is 0.480 e. The molecule has 14 heavy (non-hydrogen) atoms. The van der Waals surface area contributed by atoms with Crippen molar-refractivity contribution in [3.63, 3.8) is 0 Å². The fourth-order valence-corrected chi connectivity index (χ4v) is 1.93. The predicted molar refractivity (Wildman–Crippen MR) is 56.1 cm³/mol. The third-order valence-electron chi connectivity index (χ3n) is 0.965. The molecule has 0 aliphatic carbocycles. The van der Waals surface area contributed by atoms with E-state index in [9.17, 15) is 9.59 Å². The maximum atomic E-state index is 10.9. The van der Waals surface area contributed by atoms with Crippen molar-refractivity contribution in [2.24, 2.45) is 11.5 Å². The van der Waals surface area contributed by atoms with Gasteiger partial charge in [-0.2, -0.15) is 0 Å². The molecule has 0 aromatic rings. The first-order chi connectivity index (χ1) is 8.46. The zero-order valence-corrected chi connectivity index (χ0v) is 8.47. The van der Waals surface area contributed by atoms with E-state index in [2.05, 4.69) is 0 Å². The first kappa shape index (κ1) is 6.94. The zero-order chi connectivity index (χ0) is 15.4. The van der Waals surface area contributed by atoms with Gasteiger partial charge in [0.1, 0.15) is 14.9 Å². The summed E-state index contributed by atoms with van der Waals surface area (Å²) in [6.45, 7) is 0. The first-order valence-electron chi connectivity index (χ1n) is 5.66. The Morgan fingerprint density at radius 3 is 2.57 bits per heavy atom. The summed E-state index contributed by atoms with van der Waals surface area (Å²) in [5.41, 5.74) is 1.79. The second-order valence-electron chi connectivity index (χ2n) is 2.07. The van der Waals surface area contributed by atoms with E-state index in [0.717, 1.165) is 0 Å². The third kappa shape index (κ3) is 6.08. The van der Waals surface area contributed by atoms with Gasteiger partial charge >= 0.3 is 11.9 Å². The number of hydrogen-bond donors (Lipinski definition) is 4. The number of carboxylic acids is 2. The highest BCUT2D eigenvalue weighted by molar-refractivity contribution is 8.76. The summed E-state index contributed by atoms with van der Waals surface area (Å²) < 4.78 is 36.0. The lowest BCUT2D eigenvalue weighted by Gasteiger charge is -2.07. The van der Waals surface area contributed by atoms with E-state index in [-0.39, 0.29) is 16.5 Å². The fourth-order valence-electron chi connectivity index (χ4n) is 0.291. The molecule has 0 saturated carbocycles. The number of rotatable bonds is 8. The van der Waals surface area contributed by atoms with Crippen LogP contribution in [0.4, 0.5) is 0 Å². The second kappa shape index (κ2) is 6.93. The van der Waals surface area contributed by atoms with Gasteiger partial charge in [0, 0.05) is 14.2 Å². The van der Waals surface area contributed by atoms with Gasteiger partial charge in [-0.25, -0.2) is 0 Å². The highest BCUT2D eigenvalue weighted by Gasteiger charge is 2.14. The van der Waals surface area contributed by atoms with Crippen molar-refractivity contribution < 1.29 is 26.7 Å². The van der Waals surface area contributed by atoms with Crippen molar-refractivity contribution >= 4 is 33.5 Å². The molecule has 0 aromatic carbocycles. The molecule has 0 unspecified atom stereocenters. The molecule has 0 aromatic heterocycles. The molecular formula is C6H12N2O4S2. The van der Waals surface area contributed by atoms with Gasteiger partial charge in [0.25, 0.3) is 0 Å². The second-order valence-corrected chi connectivity index (χ2v) is 4.22. The van der Waals surface area contributed by atoms with E-state index in [4.69, 9.17) is 22.9 Å². The quantitative estimate of drug-likeness (QED) is 0.409. The van der Waals surface area contributed by atoms with Crippen LogP contribution in [0.1, 0.15) is 4.11 Å². The van der Waals surface area contributed by atoms with Crippen molar-refractivity contribution in [3.05, 3.63) is 0 Å². The molecule has 0 spiro atoms. The van der Waals surface area contributed by atoms with Gasteiger partial charge in [0.05, 0.1) is 1.37 Å². The minimum absolute atomic E-state index is 0.217. The van der Waals surface area contributed by atoms with Crippen LogP contribution in [0.15, 0.2) is 0 Å². The van der Waals surface area contributed by atoms with Crippen molar-refractivity contribution in [3.8, 4) is 0 Å². The number of hydrogen-bond acceptors (Lipinski definition) is 6. The first-order valence-corrected chi connectivity index (χ1v) is 5.59. The molecule has 82 valence electrons. The maximum Gasteiger partial charge on any atom is 0.321 e. The molecule has 0 rings (SSSR count). The highest BCUT2D eigenvalue weighted by Crippen LogP contribution is 2.22. The third-order valence-corrected chi connectivity index (χ3v) is 2.87. The van der Waals surface area contributed by atoms with Crippen LogP contribution in [0.2, 0.25) is 2.82 Å². The molecule has 0 amide bonds. The molecule has 6 nitrogen and oxygen atoms in total. The standard InChI is InChI=1S/C6H12N2O4S2/c7-3(5(9)10)1-13-14-2-4(8)6(11)12/h3-4H,1-2,7-8H2,(H,9,10)(H,11,12)/t3-,4-/m0/s1/i1D2,3D/hD2. The van der Waals surface area contributed by atoms with Crippen LogP contribution in [0.25, 0.3) is 0 Å².